The lowest BCUT2D eigenvalue weighted by atomic mass is 9.86. The molecule has 0 unspecified atom stereocenters. The van der Waals surface area contributed by atoms with E-state index < -0.39 is 15.3 Å². The Morgan fingerprint density at radius 1 is 0.851 bits per heavy atom. The van der Waals surface area contributed by atoms with E-state index in [1.165, 1.54) is 0 Å². The molecule has 1 aliphatic heterocycles. The molecule has 18 heteroatoms. The van der Waals surface area contributed by atoms with Crippen molar-refractivity contribution in [1.82, 2.24) is 19.9 Å². The van der Waals surface area contributed by atoms with Crippen molar-refractivity contribution in [3.05, 3.63) is 101 Å². The number of fused-ring (bicyclic) bond motifs is 2. The highest BCUT2D eigenvalue weighted by Gasteiger charge is 2.39. The van der Waals surface area contributed by atoms with Crippen LogP contribution >= 0.6 is 34.8 Å². The number of aromatic nitrogens is 4. The first-order chi connectivity index (χ1) is 21.9. The molecule has 0 radical (unpaired) electrons. The summed E-state index contributed by atoms with van der Waals surface area (Å²) in [6, 6.07) is 10.9. The van der Waals surface area contributed by atoms with Gasteiger partial charge in [-0.05, 0) is 91.9 Å². The highest BCUT2D eigenvalue weighted by Crippen LogP contribution is 2.39. The number of carbonyl (C=O) groups excluding carboxylic acids is 2. The van der Waals surface area contributed by atoms with Gasteiger partial charge in [-0.2, -0.15) is 9.97 Å². The minimum atomic E-state index is -0.682. The zero-order chi connectivity index (χ0) is 34.8. The molecule has 2 aliphatic rings. The van der Waals surface area contributed by atoms with Gasteiger partial charge in [-0.3, -0.25) is 29.8 Å². The summed E-state index contributed by atoms with van der Waals surface area (Å²) in [5.41, 5.74) is 9.11. The Morgan fingerprint density at radius 3 is 2.06 bits per heavy atom. The highest BCUT2D eigenvalue weighted by atomic mass is 35.5. The van der Waals surface area contributed by atoms with E-state index in [9.17, 15) is 29.8 Å². The van der Waals surface area contributed by atoms with Gasteiger partial charge in [0.2, 0.25) is 27.4 Å². The average Bonchev–Trinajstić information content (AvgIpc) is 3.33. The maximum Gasteiger partial charge on any atom is 0.329 e. The number of hydrogen-bond acceptors (Lipinski definition) is 12. The number of nitrogens with two attached hydrogens (primary N) is 1. The summed E-state index contributed by atoms with van der Waals surface area (Å²) >= 11 is 16.3. The first kappa shape index (κ1) is 34.9. The molecule has 0 fully saturated rings. The summed E-state index contributed by atoms with van der Waals surface area (Å²) < 4.78 is 0. The fraction of sp³-hybridized carbons (Fsp3) is 0.241. The summed E-state index contributed by atoms with van der Waals surface area (Å²) in [7, 11) is 0. The number of anilines is 4. The SMILES string of the molecule is CC1(C)C(=O)Cc2cc(N)ccc21.CC1(C)C(=O)Nc2cc(Nc3nc(Cl)ncc3[N+](=O)[O-])ccc21.O=[N+]([O-])c1cnc(Cl)nc1Cl. The van der Waals surface area contributed by atoms with E-state index in [0.717, 1.165) is 34.8 Å². The third kappa shape index (κ3) is 7.53. The number of Topliss-reactive ketones (excluding diaryl/α,β-unsaturated/α-hetero) is 1. The van der Waals surface area contributed by atoms with Gasteiger partial charge in [0.25, 0.3) is 0 Å². The zero-order valence-corrected chi connectivity index (χ0v) is 27.4. The molecular formula is C29H26Cl3N9O6. The number of rotatable bonds is 4. The molecule has 4 N–H and O–H groups in total. The van der Waals surface area contributed by atoms with E-state index in [2.05, 4.69) is 30.6 Å². The van der Waals surface area contributed by atoms with Gasteiger partial charge in [-0.25, -0.2) is 9.97 Å². The molecule has 2 aromatic carbocycles. The van der Waals surface area contributed by atoms with Crippen LogP contribution in [-0.4, -0.2) is 41.5 Å². The molecular weight excluding hydrogens is 677 g/mol. The Labute approximate surface area is 282 Å². The number of halogens is 3. The van der Waals surface area contributed by atoms with Crippen LogP contribution in [0.4, 0.5) is 34.3 Å². The molecule has 244 valence electrons. The highest BCUT2D eigenvalue weighted by molar-refractivity contribution is 6.33. The van der Waals surface area contributed by atoms with Crippen LogP contribution < -0.4 is 16.4 Å². The number of amides is 1. The molecule has 47 heavy (non-hydrogen) atoms. The molecule has 0 spiro atoms. The molecule has 3 heterocycles. The Kier molecular flexibility index (Phi) is 9.94. The number of ketones is 1. The lowest BCUT2D eigenvalue weighted by Gasteiger charge is -2.16. The molecule has 6 rings (SSSR count). The summed E-state index contributed by atoms with van der Waals surface area (Å²) in [4.78, 5) is 57.7. The number of benzene rings is 2. The summed E-state index contributed by atoms with van der Waals surface area (Å²) in [6.07, 6.45) is 2.53. The lowest BCUT2D eigenvalue weighted by molar-refractivity contribution is -0.385. The summed E-state index contributed by atoms with van der Waals surface area (Å²) in [5, 5.41) is 26.3. The molecule has 0 bridgehead atoms. The molecule has 1 amide bonds. The maximum absolute atomic E-state index is 12.0. The summed E-state index contributed by atoms with van der Waals surface area (Å²) in [6.45, 7) is 7.60. The molecule has 15 nitrogen and oxygen atoms in total. The van der Waals surface area contributed by atoms with Crippen molar-refractivity contribution >= 4 is 80.7 Å². The van der Waals surface area contributed by atoms with Crippen molar-refractivity contribution in [2.45, 2.75) is 44.9 Å². The van der Waals surface area contributed by atoms with E-state index in [-0.39, 0.29) is 50.0 Å². The molecule has 2 aromatic heterocycles. The van der Waals surface area contributed by atoms with Crippen molar-refractivity contribution in [2.24, 2.45) is 0 Å². The van der Waals surface area contributed by atoms with Crippen LogP contribution in [-0.2, 0) is 26.8 Å². The Hall–Kier alpha value is -4.99. The quantitative estimate of drug-likeness (QED) is 0.0693. The van der Waals surface area contributed by atoms with Crippen molar-refractivity contribution in [3.8, 4) is 0 Å². The topological polar surface area (TPSA) is 222 Å². The number of nitrogens with one attached hydrogen (secondary N) is 2. The van der Waals surface area contributed by atoms with Gasteiger partial charge >= 0.3 is 11.4 Å². The Morgan fingerprint density at radius 2 is 1.45 bits per heavy atom. The van der Waals surface area contributed by atoms with Crippen molar-refractivity contribution in [1.29, 1.82) is 0 Å². The number of carbonyl (C=O) groups is 2. The monoisotopic (exact) mass is 701 g/mol. The number of nitrogens with zero attached hydrogens (tertiary/aromatic N) is 6. The smallest absolute Gasteiger partial charge is 0.329 e. The minimum absolute atomic E-state index is 0.0152. The van der Waals surface area contributed by atoms with Crippen LogP contribution in [0.25, 0.3) is 0 Å². The fourth-order valence-corrected chi connectivity index (χ4v) is 5.27. The van der Waals surface area contributed by atoms with Crippen LogP contribution in [0.2, 0.25) is 15.7 Å². The first-order valence-corrected chi connectivity index (χ1v) is 14.7. The molecule has 0 atom stereocenters. The number of nitro groups is 2. The second-order valence-electron chi connectivity index (χ2n) is 11.3. The van der Waals surface area contributed by atoms with Gasteiger partial charge in [0, 0.05) is 28.9 Å². The third-order valence-electron chi connectivity index (χ3n) is 7.45. The normalized spacial score (nSPS) is 14.8. The van der Waals surface area contributed by atoms with Crippen molar-refractivity contribution < 1.29 is 19.4 Å². The van der Waals surface area contributed by atoms with Gasteiger partial charge in [0.15, 0.2) is 0 Å². The number of nitrogen functional groups attached to an aromatic ring is 1. The maximum atomic E-state index is 12.0. The van der Waals surface area contributed by atoms with E-state index in [0.29, 0.717) is 17.8 Å². The van der Waals surface area contributed by atoms with Gasteiger partial charge in [0.05, 0.1) is 15.3 Å². The zero-order valence-electron chi connectivity index (χ0n) is 25.2. The Balaban J connectivity index is 0.000000176. The minimum Gasteiger partial charge on any atom is -0.399 e. The van der Waals surface area contributed by atoms with E-state index in [4.69, 9.17) is 40.5 Å². The second-order valence-corrected chi connectivity index (χ2v) is 12.3. The third-order valence-corrected chi connectivity index (χ3v) is 8.09. The lowest BCUT2D eigenvalue weighted by Crippen LogP contribution is -2.26. The molecule has 4 aromatic rings. The largest absolute Gasteiger partial charge is 0.399 e. The average molecular weight is 703 g/mol. The van der Waals surface area contributed by atoms with Crippen LogP contribution in [0, 0.1) is 20.2 Å². The van der Waals surface area contributed by atoms with Crippen molar-refractivity contribution in [3.63, 3.8) is 0 Å². The fourth-order valence-electron chi connectivity index (χ4n) is 4.76. The predicted molar refractivity (Wildman–Crippen MR) is 176 cm³/mol. The predicted octanol–water partition coefficient (Wildman–Crippen LogP) is 6.37. The molecule has 0 saturated heterocycles. The van der Waals surface area contributed by atoms with E-state index >= 15 is 0 Å². The van der Waals surface area contributed by atoms with Crippen molar-refractivity contribution in [2.75, 3.05) is 16.4 Å². The van der Waals surface area contributed by atoms with Crippen LogP contribution in [0.3, 0.4) is 0 Å². The molecule has 0 saturated carbocycles. The summed E-state index contributed by atoms with van der Waals surface area (Å²) in [5.74, 6) is 0.173. The van der Waals surface area contributed by atoms with Gasteiger partial charge < -0.3 is 16.4 Å². The standard InChI is InChI=1S/C14H12ClN5O3.C11H13NO.C4HCl2N3O2/c1-14(2)8-4-3-7(5-9(8)18-12(14)21)17-11-10(20(22)23)6-16-13(15)19-11;1-11(2)9-4-3-8(12)5-7(9)6-10(11)13;5-3-2(9(10)11)1-7-4(6)8-3/h3-6H,1-2H3,(H,18,21)(H,16,17,19);3-5H,6,12H2,1-2H3;1H. The Bertz CT molecular complexity index is 1940. The van der Waals surface area contributed by atoms with Crippen LogP contribution in [0.15, 0.2) is 48.8 Å². The van der Waals surface area contributed by atoms with E-state index in [1.807, 2.05) is 45.9 Å². The number of hydrogen-bond donors (Lipinski definition) is 3. The molecule has 1 aliphatic carbocycles. The van der Waals surface area contributed by atoms with Gasteiger partial charge in [-0.1, -0.05) is 23.7 Å². The van der Waals surface area contributed by atoms with Crippen LogP contribution in [0.5, 0.6) is 0 Å². The second kappa shape index (κ2) is 13.4. The van der Waals surface area contributed by atoms with Gasteiger partial charge in [0.1, 0.15) is 18.2 Å². The first-order valence-electron chi connectivity index (χ1n) is 13.6. The van der Waals surface area contributed by atoms with Gasteiger partial charge in [-0.15, -0.1) is 0 Å². The van der Waals surface area contributed by atoms with E-state index in [1.54, 1.807) is 18.2 Å². The van der Waals surface area contributed by atoms with Crippen LogP contribution in [0.1, 0.15) is 44.4 Å².